The zero-order valence-electron chi connectivity index (χ0n) is 11.1. The number of aromatic nitrogens is 2. The summed E-state index contributed by atoms with van der Waals surface area (Å²) in [6, 6.07) is 16.2. The van der Waals surface area contributed by atoms with Gasteiger partial charge in [0.1, 0.15) is 5.75 Å². The number of Topliss-reactive ketones (excluding diaryl/α,β-unsaturated/α-hetero) is 1. The lowest BCUT2D eigenvalue weighted by atomic mass is 10.1. The second-order valence-electron chi connectivity index (χ2n) is 4.35. The van der Waals surface area contributed by atoms with Crippen molar-refractivity contribution in [2.75, 3.05) is 6.61 Å². The molecule has 0 aliphatic carbocycles. The maximum absolute atomic E-state index is 12.0. The molecule has 5 nitrogen and oxygen atoms in total. The molecular formula is C16H12N2O3. The molecule has 1 heterocycles. The van der Waals surface area contributed by atoms with E-state index in [0.717, 1.165) is 5.56 Å². The van der Waals surface area contributed by atoms with Gasteiger partial charge in [-0.3, -0.25) is 4.79 Å². The lowest BCUT2D eigenvalue weighted by Gasteiger charge is -2.06. The number of ketones is 1. The van der Waals surface area contributed by atoms with Gasteiger partial charge in [-0.05, 0) is 18.2 Å². The van der Waals surface area contributed by atoms with Gasteiger partial charge in [-0.2, -0.15) is 0 Å². The van der Waals surface area contributed by atoms with Crippen molar-refractivity contribution < 1.29 is 13.9 Å². The highest BCUT2D eigenvalue weighted by Gasteiger charge is 2.08. The molecule has 0 amide bonds. The number of carbonyl (C=O) groups is 1. The van der Waals surface area contributed by atoms with Crippen molar-refractivity contribution in [1.29, 1.82) is 0 Å². The first-order valence-corrected chi connectivity index (χ1v) is 6.40. The molecule has 0 unspecified atom stereocenters. The van der Waals surface area contributed by atoms with Crippen molar-refractivity contribution in [3.05, 3.63) is 66.6 Å². The normalized spacial score (nSPS) is 10.3. The van der Waals surface area contributed by atoms with Crippen molar-refractivity contribution in [2.24, 2.45) is 0 Å². The molecule has 0 N–H and O–H groups in total. The Hall–Kier alpha value is -2.95. The first-order valence-electron chi connectivity index (χ1n) is 6.40. The maximum atomic E-state index is 12.0. The van der Waals surface area contributed by atoms with Crippen LogP contribution in [-0.2, 0) is 0 Å². The van der Waals surface area contributed by atoms with Crippen LogP contribution in [0.4, 0.5) is 0 Å². The van der Waals surface area contributed by atoms with E-state index in [1.807, 2.05) is 30.3 Å². The Morgan fingerprint density at radius 2 is 1.95 bits per heavy atom. The monoisotopic (exact) mass is 280 g/mol. The Morgan fingerprint density at radius 3 is 2.71 bits per heavy atom. The molecule has 21 heavy (non-hydrogen) atoms. The predicted octanol–water partition coefficient (Wildman–Crippen LogP) is 3.00. The van der Waals surface area contributed by atoms with Crippen molar-refractivity contribution >= 4 is 5.78 Å². The van der Waals surface area contributed by atoms with Crippen molar-refractivity contribution in [3.63, 3.8) is 0 Å². The Labute approximate surface area is 121 Å². The molecular weight excluding hydrogens is 268 g/mol. The van der Waals surface area contributed by atoms with E-state index in [1.165, 1.54) is 6.39 Å². The fourth-order valence-corrected chi connectivity index (χ4v) is 1.87. The number of hydrogen-bond acceptors (Lipinski definition) is 5. The lowest BCUT2D eigenvalue weighted by molar-refractivity contribution is 0.0921. The van der Waals surface area contributed by atoms with Crippen LogP contribution in [0.2, 0.25) is 0 Å². The Kier molecular flexibility index (Phi) is 3.73. The van der Waals surface area contributed by atoms with Crippen LogP contribution >= 0.6 is 0 Å². The van der Waals surface area contributed by atoms with E-state index in [1.54, 1.807) is 24.3 Å². The third kappa shape index (κ3) is 3.14. The summed E-state index contributed by atoms with van der Waals surface area (Å²) in [6.07, 6.45) is 1.27. The predicted molar refractivity (Wildman–Crippen MR) is 76.0 cm³/mol. The molecule has 104 valence electrons. The number of rotatable bonds is 5. The van der Waals surface area contributed by atoms with Crippen LogP contribution in [0.3, 0.4) is 0 Å². The number of ether oxygens (including phenoxy) is 1. The first kappa shape index (κ1) is 13.1. The van der Waals surface area contributed by atoms with Crippen LogP contribution in [0, 0.1) is 0 Å². The summed E-state index contributed by atoms with van der Waals surface area (Å²) in [6.45, 7) is -0.0166. The standard InChI is InChI=1S/C16H12N2O3/c19-15(12-5-2-1-3-6-12)10-20-14-8-4-7-13(9-14)16-18-17-11-21-16/h1-9,11H,10H2. The summed E-state index contributed by atoms with van der Waals surface area (Å²) in [7, 11) is 0. The molecule has 0 spiro atoms. The van der Waals surface area contributed by atoms with Crippen LogP contribution < -0.4 is 4.74 Å². The zero-order chi connectivity index (χ0) is 14.5. The van der Waals surface area contributed by atoms with E-state index in [2.05, 4.69) is 10.2 Å². The summed E-state index contributed by atoms with van der Waals surface area (Å²) < 4.78 is 10.6. The molecule has 5 heteroatoms. The van der Waals surface area contributed by atoms with Gasteiger partial charge in [-0.15, -0.1) is 10.2 Å². The van der Waals surface area contributed by atoms with E-state index in [-0.39, 0.29) is 12.4 Å². The number of carbonyl (C=O) groups excluding carboxylic acids is 1. The molecule has 0 atom stereocenters. The Morgan fingerprint density at radius 1 is 1.10 bits per heavy atom. The molecule has 0 bridgehead atoms. The van der Waals surface area contributed by atoms with Gasteiger partial charge in [0.25, 0.3) is 0 Å². The summed E-state index contributed by atoms with van der Waals surface area (Å²) in [4.78, 5) is 12.0. The van der Waals surface area contributed by atoms with E-state index < -0.39 is 0 Å². The highest BCUT2D eigenvalue weighted by Crippen LogP contribution is 2.21. The molecule has 0 aliphatic heterocycles. The summed E-state index contributed by atoms with van der Waals surface area (Å²) in [5.74, 6) is 0.920. The molecule has 2 aromatic carbocycles. The molecule has 0 fully saturated rings. The topological polar surface area (TPSA) is 65.2 Å². The molecule has 0 saturated heterocycles. The third-order valence-electron chi connectivity index (χ3n) is 2.91. The van der Waals surface area contributed by atoms with Gasteiger partial charge in [-0.1, -0.05) is 36.4 Å². The quantitative estimate of drug-likeness (QED) is 0.672. The largest absolute Gasteiger partial charge is 0.485 e. The van der Waals surface area contributed by atoms with Crippen molar-refractivity contribution in [1.82, 2.24) is 10.2 Å². The first-order chi connectivity index (χ1) is 10.3. The van der Waals surface area contributed by atoms with E-state index in [9.17, 15) is 4.79 Å². The number of benzene rings is 2. The summed E-state index contributed by atoms with van der Waals surface area (Å²) >= 11 is 0. The minimum Gasteiger partial charge on any atom is -0.485 e. The fraction of sp³-hybridized carbons (Fsp3) is 0.0625. The Balaban J connectivity index is 1.69. The zero-order valence-corrected chi connectivity index (χ0v) is 11.1. The van der Waals surface area contributed by atoms with Gasteiger partial charge in [0.2, 0.25) is 12.3 Å². The fourth-order valence-electron chi connectivity index (χ4n) is 1.87. The maximum Gasteiger partial charge on any atom is 0.247 e. The van der Waals surface area contributed by atoms with Gasteiger partial charge in [0, 0.05) is 11.1 Å². The molecule has 1 aromatic heterocycles. The summed E-state index contributed by atoms with van der Waals surface area (Å²) in [5.41, 5.74) is 1.38. The summed E-state index contributed by atoms with van der Waals surface area (Å²) in [5, 5.41) is 7.46. The molecule has 3 aromatic rings. The third-order valence-corrected chi connectivity index (χ3v) is 2.91. The van der Waals surface area contributed by atoms with Gasteiger partial charge >= 0.3 is 0 Å². The van der Waals surface area contributed by atoms with E-state index in [0.29, 0.717) is 17.2 Å². The minimum absolute atomic E-state index is 0.0166. The second kappa shape index (κ2) is 6.00. The van der Waals surface area contributed by atoms with E-state index >= 15 is 0 Å². The SMILES string of the molecule is O=C(COc1cccc(-c2nnco2)c1)c1ccccc1. The number of nitrogens with zero attached hydrogens (tertiary/aromatic N) is 2. The Bertz CT molecular complexity index is 724. The van der Waals surface area contributed by atoms with Crippen molar-refractivity contribution in [2.45, 2.75) is 0 Å². The highest BCUT2D eigenvalue weighted by atomic mass is 16.5. The van der Waals surface area contributed by atoms with Crippen molar-refractivity contribution in [3.8, 4) is 17.2 Å². The van der Waals surface area contributed by atoms with Gasteiger partial charge in [0.05, 0.1) is 0 Å². The van der Waals surface area contributed by atoms with Gasteiger partial charge < -0.3 is 9.15 Å². The lowest BCUT2D eigenvalue weighted by Crippen LogP contribution is -2.11. The highest BCUT2D eigenvalue weighted by molar-refractivity contribution is 5.97. The minimum atomic E-state index is -0.0706. The van der Waals surface area contributed by atoms with Crippen LogP contribution in [0.1, 0.15) is 10.4 Å². The van der Waals surface area contributed by atoms with Gasteiger partial charge in [0.15, 0.2) is 12.4 Å². The molecule has 0 aliphatic rings. The average Bonchev–Trinajstić information content (AvgIpc) is 3.08. The van der Waals surface area contributed by atoms with Crippen LogP contribution in [-0.4, -0.2) is 22.6 Å². The average molecular weight is 280 g/mol. The van der Waals surface area contributed by atoms with Gasteiger partial charge in [-0.25, -0.2) is 0 Å². The molecule has 0 saturated carbocycles. The van der Waals surface area contributed by atoms with Crippen LogP contribution in [0.25, 0.3) is 11.5 Å². The number of hydrogen-bond donors (Lipinski definition) is 0. The van der Waals surface area contributed by atoms with Crippen LogP contribution in [0.15, 0.2) is 65.4 Å². The van der Waals surface area contributed by atoms with Crippen LogP contribution in [0.5, 0.6) is 5.75 Å². The molecule has 3 rings (SSSR count). The smallest absolute Gasteiger partial charge is 0.247 e. The molecule has 0 radical (unpaired) electrons. The van der Waals surface area contributed by atoms with E-state index in [4.69, 9.17) is 9.15 Å². The second-order valence-corrected chi connectivity index (χ2v) is 4.35.